The molecule has 10 nitrogen and oxygen atoms in total. The summed E-state index contributed by atoms with van der Waals surface area (Å²) in [5.74, 6) is -2.79. The van der Waals surface area contributed by atoms with Gasteiger partial charge in [-0.2, -0.15) is 0 Å². The summed E-state index contributed by atoms with van der Waals surface area (Å²) >= 11 is 0. The van der Waals surface area contributed by atoms with E-state index in [0.717, 1.165) is 69.8 Å². The Balaban J connectivity index is 1.57. The highest BCUT2D eigenvalue weighted by atomic mass is 16.6. The maximum atomic E-state index is 13.4. The van der Waals surface area contributed by atoms with E-state index in [0.29, 0.717) is 29.7 Å². The van der Waals surface area contributed by atoms with Crippen LogP contribution in [0.1, 0.15) is 146 Å². The van der Waals surface area contributed by atoms with Gasteiger partial charge in [0.15, 0.2) is 0 Å². The molecule has 3 aromatic rings. The van der Waals surface area contributed by atoms with E-state index in [4.69, 9.17) is 18.9 Å². The summed E-state index contributed by atoms with van der Waals surface area (Å²) in [5.41, 5.74) is 2.77. The van der Waals surface area contributed by atoms with Gasteiger partial charge in [0.2, 0.25) is 0 Å². The summed E-state index contributed by atoms with van der Waals surface area (Å²) in [4.78, 5) is 62.5. The molecule has 0 radical (unpaired) electrons. The number of methoxy groups -OCH3 is 1. The summed E-state index contributed by atoms with van der Waals surface area (Å²) in [6.07, 6.45) is 18.4. The molecular formula is C47H58O10. The third-order valence-electron chi connectivity index (χ3n) is 9.21. The molecule has 57 heavy (non-hydrogen) atoms. The number of hydrogen-bond acceptors (Lipinski definition) is 10. The molecule has 306 valence electrons. The van der Waals surface area contributed by atoms with Crippen molar-refractivity contribution < 1.29 is 47.7 Å². The fourth-order valence-corrected chi connectivity index (χ4v) is 5.82. The summed E-state index contributed by atoms with van der Waals surface area (Å²) in [6.45, 7) is 8.01. The van der Waals surface area contributed by atoms with Crippen molar-refractivity contribution in [3.05, 3.63) is 113 Å². The highest BCUT2D eigenvalue weighted by Crippen LogP contribution is 2.27. The topological polar surface area (TPSA) is 132 Å². The predicted molar refractivity (Wildman–Crippen MR) is 220 cm³/mol. The van der Waals surface area contributed by atoms with Gasteiger partial charge in [-0.3, -0.25) is 0 Å². The van der Waals surface area contributed by atoms with Crippen molar-refractivity contribution in [3.8, 4) is 11.5 Å². The van der Waals surface area contributed by atoms with Crippen LogP contribution in [0.2, 0.25) is 0 Å². The number of rotatable bonds is 26. The van der Waals surface area contributed by atoms with Crippen LogP contribution in [0.4, 0.5) is 0 Å². The first-order chi connectivity index (χ1) is 27.6. The van der Waals surface area contributed by atoms with E-state index in [1.807, 2.05) is 12.1 Å². The van der Waals surface area contributed by atoms with E-state index in [9.17, 15) is 24.0 Å². The predicted octanol–water partition coefficient (Wildman–Crippen LogP) is 10.6. The number of carbonyl (C=O) groups is 5. The van der Waals surface area contributed by atoms with Crippen molar-refractivity contribution in [1.29, 1.82) is 0 Å². The first-order valence-corrected chi connectivity index (χ1v) is 20.1. The van der Waals surface area contributed by atoms with E-state index >= 15 is 0 Å². The second-order valence-corrected chi connectivity index (χ2v) is 14.0. The Labute approximate surface area is 337 Å². The van der Waals surface area contributed by atoms with Crippen molar-refractivity contribution in [1.82, 2.24) is 0 Å². The van der Waals surface area contributed by atoms with Crippen LogP contribution >= 0.6 is 0 Å². The second kappa shape index (κ2) is 26.4. The molecule has 0 amide bonds. The minimum absolute atomic E-state index is 0.0134. The molecule has 0 fully saturated rings. The zero-order valence-electron chi connectivity index (χ0n) is 33.8. The lowest BCUT2D eigenvalue weighted by Gasteiger charge is -2.13. The molecule has 0 aliphatic rings. The molecular weight excluding hydrogens is 725 g/mol. The van der Waals surface area contributed by atoms with Crippen LogP contribution in [-0.2, 0) is 30.2 Å². The Morgan fingerprint density at radius 1 is 0.614 bits per heavy atom. The van der Waals surface area contributed by atoms with E-state index in [-0.39, 0.29) is 35.2 Å². The van der Waals surface area contributed by atoms with Gasteiger partial charge >= 0.3 is 29.8 Å². The van der Waals surface area contributed by atoms with Crippen LogP contribution in [0.25, 0.3) is 6.08 Å². The van der Waals surface area contributed by atoms with Crippen LogP contribution in [0.15, 0.2) is 85.0 Å². The molecule has 0 aliphatic carbocycles. The van der Waals surface area contributed by atoms with E-state index in [1.54, 1.807) is 49.4 Å². The lowest BCUT2D eigenvalue weighted by atomic mass is 10.0. The normalized spacial score (nSPS) is 10.9. The first kappa shape index (κ1) is 45.9. The van der Waals surface area contributed by atoms with Crippen molar-refractivity contribution in [2.24, 2.45) is 0 Å². The quantitative estimate of drug-likeness (QED) is 0.0255. The summed E-state index contributed by atoms with van der Waals surface area (Å²) in [5, 5.41) is 0. The average molecular weight is 783 g/mol. The van der Waals surface area contributed by atoms with Crippen molar-refractivity contribution in [2.45, 2.75) is 110 Å². The number of benzene rings is 3. The second-order valence-electron chi connectivity index (χ2n) is 14.0. The molecule has 0 saturated heterocycles. The average Bonchev–Trinajstić information content (AvgIpc) is 3.22. The molecule has 0 atom stereocenters. The van der Waals surface area contributed by atoms with Gasteiger partial charge in [0, 0.05) is 11.6 Å². The number of hydrogen-bond donors (Lipinski definition) is 0. The maximum absolute atomic E-state index is 13.4. The zero-order valence-corrected chi connectivity index (χ0v) is 33.8. The lowest BCUT2D eigenvalue weighted by molar-refractivity contribution is -0.139. The summed E-state index contributed by atoms with van der Waals surface area (Å²) < 4.78 is 26.6. The number of ether oxygens (including phenoxy) is 5. The van der Waals surface area contributed by atoms with Gasteiger partial charge in [0.1, 0.15) is 17.1 Å². The van der Waals surface area contributed by atoms with Crippen molar-refractivity contribution in [2.75, 3.05) is 20.3 Å². The standard InChI is InChI=1S/C47H58O10/c1-5-6-7-13-16-19-36-20-25-39(26-21-36)46(51)57-42-30-29-40(56-45(50)38-27-22-37(23-28-38)24-31-43(48)53-4)34-41(42)47(52)55-33-18-15-12-10-8-9-11-14-17-32-54-44(49)35(2)3/h20-31,34H,2,5-19,32-33H2,1,3-4H3. The third kappa shape index (κ3) is 17.9. The van der Waals surface area contributed by atoms with Crippen molar-refractivity contribution >= 4 is 35.9 Å². The Bertz CT molecular complexity index is 1770. The molecule has 0 bridgehead atoms. The SMILES string of the molecule is C=C(C)C(=O)OCCCCCCCCCCCOC(=O)c1cc(OC(=O)c2ccc(C=CC(=O)OC)cc2)ccc1OC(=O)c1ccc(CCCCCCC)cc1. The Morgan fingerprint density at radius 2 is 1.16 bits per heavy atom. The minimum atomic E-state index is -0.704. The molecule has 0 N–H and O–H groups in total. The highest BCUT2D eigenvalue weighted by molar-refractivity contribution is 5.97. The first-order valence-electron chi connectivity index (χ1n) is 20.1. The van der Waals surface area contributed by atoms with Crippen molar-refractivity contribution in [3.63, 3.8) is 0 Å². The van der Waals surface area contributed by atoms with Gasteiger partial charge < -0.3 is 23.7 Å². The molecule has 0 aromatic heterocycles. The summed E-state index contributed by atoms with van der Waals surface area (Å²) in [6, 6.07) is 17.9. The number of carbonyl (C=O) groups excluding carboxylic acids is 5. The smallest absolute Gasteiger partial charge is 0.343 e. The van der Waals surface area contributed by atoms with Crippen LogP contribution < -0.4 is 9.47 Å². The van der Waals surface area contributed by atoms with Gasteiger partial charge in [0.05, 0.1) is 31.5 Å². The van der Waals surface area contributed by atoms with Crippen LogP contribution in [-0.4, -0.2) is 50.2 Å². The molecule has 10 heteroatoms. The number of unbranched alkanes of at least 4 members (excludes halogenated alkanes) is 12. The summed E-state index contributed by atoms with van der Waals surface area (Å²) in [7, 11) is 1.29. The molecule has 0 saturated carbocycles. The van der Waals surface area contributed by atoms with Gasteiger partial charge in [0.25, 0.3) is 0 Å². The van der Waals surface area contributed by atoms with Crippen LogP contribution in [0.5, 0.6) is 11.5 Å². The van der Waals surface area contributed by atoms with Crippen LogP contribution in [0, 0.1) is 0 Å². The fourth-order valence-electron chi connectivity index (χ4n) is 5.82. The van der Waals surface area contributed by atoms with E-state index in [1.165, 1.54) is 57.1 Å². The highest BCUT2D eigenvalue weighted by Gasteiger charge is 2.21. The Hall–Kier alpha value is -5.51. The number of esters is 5. The minimum Gasteiger partial charge on any atom is -0.466 e. The largest absolute Gasteiger partial charge is 0.466 e. The van der Waals surface area contributed by atoms with Gasteiger partial charge in [-0.05, 0) is 92.3 Å². The Kier molecular flexibility index (Phi) is 21.2. The molecule has 3 aromatic carbocycles. The number of aryl methyl sites for hydroxylation is 1. The fraction of sp³-hybridized carbons (Fsp3) is 0.426. The van der Waals surface area contributed by atoms with Gasteiger partial charge in [-0.15, -0.1) is 0 Å². The van der Waals surface area contributed by atoms with E-state index in [2.05, 4.69) is 18.2 Å². The monoisotopic (exact) mass is 782 g/mol. The molecule has 0 aliphatic heterocycles. The maximum Gasteiger partial charge on any atom is 0.343 e. The molecule has 3 rings (SSSR count). The van der Waals surface area contributed by atoms with Gasteiger partial charge in [-0.1, -0.05) is 108 Å². The zero-order chi connectivity index (χ0) is 41.3. The van der Waals surface area contributed by atoms with Gasteiger partial charge in [-0.25, -0.2) is 24.0 Å². The molecule has 0 heterocycles. The van der Waals surface area contributed by atoms with E-state index < -0.39 is 23.9 Å². The third-order valence-corrected chi connectivity index (χ3v) is 9.21. The lowest BCUT2D eigenvalue weighted by Crippen LogP contribution is -2.14. The molecule has 0 unspecified atom stereocenters. The van der Waals surface area contributed by atoms with Crippen LogP contribution in [0.3, 0.4) is 0 Å². The molecule has 0 spiro atoms. The Morgan fingerprint density at radius 3 is 1.75 bits per heavy atom.